The first kappa shape index (κ1) is 16.8. The Morgan fingerprint density at radius 2 is 2.00 bits per heavy atom. The van der Waals surface area contributed by atoms with Crippen molar-refractivity contribution >= 4 is 6.03 Å². The van der Waals surface area contributed by atoms with Gasteiger partial charge in [-0.05, 0) is 48.8 Å². The van der Waals surface area contributed by atoms with Crippen molar-refractivity contribution in [2.45, 2.75) is 45.6 Å². The first-order valence-corrected chi connectivity index (χ1v) is 8.09. The van der Waals surface area contributed by atoms with E-state index < -0.39 is 0 Å². The number of urea groups is 1. The molecule has 2 amide bonds. The molecule has 1 saturated carbocycles. The molecule has 0 saturated heterocycles. The zero-order valence-corrected chi connectivity index (χ0v) is 14.2. The van der Waals surface area contributed by atoms with E-state index in [9.17, 15) is 4.79 Å². The van der Waals surface area contributed by atoms with Crippen molar-refractivity contribution in [3.63, 3.8) is 0 Å². The zero-order chi connectivity index (χ0) is 16.3. The van der Waals surface area contributed by atoms with Crippen molar-refractivity contribution < 1.29 is 4.79 Å². The monoisotopic (exact) mass is 303 g/mol. The van der Waals surface area contributed by atoms with Gasteiger partial charge in [0.05, 0.1) is 0 Å². The number of aryl methyl sites for hydroxylation is 1. The number of hydrogen-bond acceptors (Lipinski definition) is 2. The third-order valence-corrected chi connectivity index (χ3v) is 4.66. The summed E-state index contributed by atoms with van der Waals surface area (Å²) in [5.41, 5.74) is 8.45. The van der Waals surface area contributed by atoms with Gasteiger partial charge in [0.2, 0.25) is 0 Å². The number of nitrogens with one attached hydrogen (secondary N) is 1. The molecule has 0 aliphatic heterocycles. The van der Waals surface area contributed by atoms with Crippen molar-refractivity contribution in [2.24, 2.45) is 11.1 Å². The van der Waals surface area contributed by atoms with E-state index >= 15 is 0 Å². The molecule has 1 aliphatic rings. The molecule has 1 fully saturated rings. The Balaban J connectivity index is 1.80. The van der Waals surface area contributed by atoms with Crippen molar-refractivity contribution in [1.82, 2.24) is 10.2 Å². The average molecular weight is 303 g/mol. The van der Waals surface area contributed by atoms with Gasteiger partial charge in [-0.15, -0.1) is 0 Å². The van der Waals surface area contributed by atoms with Crippen LogP contribution in [0.15, 0.2) is 24.3 Å². The molecule has 4 heteroatoms. The molecule has 122 valence electrons. The van der Waals surface area contributed by atoms with Crippen molar-refractivity contribution in [3.8, 4) is 0 Å². The van der Waals surface area contributed by atoms with Crippen molar-refractivity contribution in [3.05, 3.63) is 35.4 Å². The van der Waals surface area contributed by atoms with Gasteiger partial charge in [0, 0.05) is 19.6 Å². The Kier molecular flexibility index (Phi) is 5.12. The second kappa shape index (κ2) is 6.69. The molecule has 4 nitrogen and oxygen atoms in total. The van der Waals surface area contributed by atoms with Crippen LogP contribution in [-0.4, -0.2) is 37.1 Å². The Bertz CT molecular complexity index is 521. The first-order chi connectivity index (χ1) is 10.3. The predicted octanol–water partition coefficient (Wildman–Crippen LogP) is 2.87. The second-order valence-electron chi connectivity index (χ2n) is 7.40. The highest BCUT2D eigenvalue weighted by atomic mass is 16.2. The normalized spacial score (nSPS) is 21.1. The molecule has 1 aliphatic carbocycles. The maximum absolute atomic E-state index is 12.2. The van der Waals surface area contributed by atoms with Crippen molar-refractivity contribution in [2.75, 3.05) is 20.1 Å². The molecule has 3 N–H and O–H groups in total. The highest BCUT2D eigenvalue weighted by Crippen LogP contribution is 2.38. The Hall–Kier alpha value is -1.55. The summed E-state index contributed by atoms with van der Waals surface area (Å²) < 4.78 is 0. The standard InChI is InChI=1S/C18H29N3O/c1-13-7-5-6-8-16(13)14-9-15(10-14)20-17(22)21(4)12-18(2,3)11-19/h5-8,14-15H,9-12,19H2,1-4H3,(H,20,22). The summed E-state index contributed by atoms with van der Waals surface area (Å²) in [5, 5.41) is 3.13. The van der Waals surface area contributed by atoms with Crippen LogP contribution in [0.4, 0.5) is 4.79 Å². The van der Waals surface area contributed by atoms with Gasteiger partial charge in [-0.1, -0.05) is 38.1 Å². The number of nitrogens with zero attached hydrogens (tertiary/aromatic N) is 1. The Morgan fingerprint density at radius 3 is 2.59 bits per heavy atom. The number of rotatable bonds is 5. The van der Waals surface area contributed by atoms with Crippen LogP contribution in [-0.2, 0) is 0 Å². The van der Waals surface area contributed by atoms with Crippen molar-refractivity contribution in [1.29, 1.82) is 0 Å². The molecule has 2 rings (SSSR count). The minimum absolute atomic E-state index is 0.00904. The second-order valence-corrected chi connectivity index (χ2v) is 7.40. The van der Waals surface area contributed by atoms with E-state index in [-0.39, 0.29) is 11.4 Å². The minimum Gasteiger partial charge on any atom is -0.335 e. The maximum Gasteiger partial charge on any atom is 0.317 e. The Labute approximate surface area is 134 Å². The first-order valence-electron chi connectivity index (χ1n) is 8.09. The van der Waals surface area contributed by atoms with Gasteiger partial charge in [-0.25, -0.2) is 4.79 Å². The topological polar surface area (TPSA) is 58.4 Å². The zero-order valence-electron chi connectivity index (χ0n) is 14.2. The van der Waals surface area contributed by atoms with E-state index in [0.717, 1.165) is 12.8 Å². The fourth-order valence-corrected chi connectivity index (χ4v) is 3.10. The Morgan fingerprint density at radius 1 is 1.36 bits per heavy atom. The summed E-state index contributed by atoms with van der Waals surface area (Å²) in [6.45, 7) is 7.55. The number of carbonyl (C=O) groups is 1. The largest absolute Gasteiger partial charge is 0.335 e. The lowest BCUT2D eigenvalue weighted by Crippen LogP contribution is -2.50. The molecule has 0 radical (unpaired) electrons. The van der Waals surface area contributed by atoms with Crippen LogP contribution in [0.3, 0.4) is 0 Å². The molecule has 1 aromatic carbocycles. The fourth-order valence-electron chi connectivity index (χ4n) is 3.10. The molecular formula is C18H29N3O. The summed E-state index contributed by atoms with van der Waals surface area (Å²) >= 11 is 0. The molecule has 1 aromatic rings. The van der Waals surface area contributed by atoms with Crippen LogP contribution in [0.25, 0.3) is 0 Å². The van der Waals surface area contributed by atoms with E-state index in [1.54, 1.807) is 4.90 Å². The van der Waals surface area contributed by atoms with Gasteiger partial charge in [0.15, 0.2) is 0 Å². The van der Waals surface area contributed by atoms with Gasteiger partial charge >= 0.3 is 6.03 Å². The lowest BCUT2D eigenvalue weighted by molar-refractivity contribution is 0.172. The molecule has 0 bridgehead atoms. The van der Waals surface area contributed by atoms with Gasteiger partial charge in [0.1, 0.15) is 0 Å². The van der Waals surface area contributed by atoms with Gasteiger partial charge in [0.25, 0.3) is 0 Å². The molecular weight excluding hydrogens is 274 g/mol. The molecule has 0 heterocycles. The molecule has 0 aromatic heterocycles. The molecule has 0 unspecified atom stereocenters. The van der Waals surface area contributed by atoms with E-state index in [0.29, 0.717) is 25.0 Å². The van der Waals surface area contributed by atoms with Crippen LogP contribution in [0.2, 0.25) is 0 Å². The summed E-state index contributed by atoms with van der Waals surface area (Å²) in [5.74, 6) is 0.581. The number of carbonyl (C=O) groups excluding carboxylic acids is 1. The molecule has 22 heavy (non-hydrogen) atoms. The summed E-state index contributed by atoms with van der Waals surface area (Å²) in [7, 11) is 1.84. The number of amides is 2. The third-order valence-electron chi connectivity index (χ3n) is 4.66. The molecule has 0 atom stereocenters. The summed E-state index contributed by atoms with van der Waals surface area (Å²) in [6.07, 6.45) is 2.06. The van der Waals surface area contributed by atoms with Crippen LogP contribution in [0, 0.1) is 12.3 Å². The summed E-state index contributed by atoms with van der Waals surface area (Å²) in [6, 6.07) is 8.83. The summed E-state index contributed by atoms with van der Waals surface area (Å²) in [4.78, 5) is 14.0. The van der Waals surface area contributed by atoms with E-state index in [4.69, 9.17) is 5.73 Å². The minimum atomic E-state index is -0.0462. The van der Waals surface area contributed by atoms with E-state index in [2.05, 4.69) is 50.4 Å². The SMILES string of the molecule is Cc1ccccc1C1CC(NC(=O)N(C)CC(C)(C)CN)C1. The van der Waals surface area contributed by atoms with E-state index in [1.165, 1.54) is 11.1 Å². The highest BCUT2D eigenvalue weighted by Gasteiger charge is 2.33. The number of benzene rings is 1. The van der Waals surface area contributed by atoms with Gasteiger partial charge in [-0.3, -0.25) is 0 Å². The lowest BCUT2D eigenvalue weighted by Gasteiger charge is -2.38. The smallest absolute Gasteiger partial charge is 0.317 e. The van der Waals surface area contributed by atoms with Crippen LogP contribution in [0.1, 0.15) is 43.7 Å². The third kappa shape index (κ3) is 4.01. The lowest BCUT2D eigenvalue weighted by atomic mass is 9.74. The predicted molar refractivity (Wildman–Crippen MR) is 90.9 cm³/mol. The van der Waals surface area contributed by atoms with Crippen LogP contribution in [0.5, 0.6) is 0 Å². The van der Waals surface area contributed by atoms with Gasteiger partial charge < -0.3 is 16.0 Å². The number of hydrogen-bond donors (Lipinski definition) is 2. The molecule has 0 spiro atoms. The van der Waals surface area contributed by atoms with Crippen LogP contribution >= 0.6 is 0 Å². The van der Waals surface area contributed by atoms with Gasteiger partial charge in [-0.2, -0.15) is 0 Å². The quantitative estimate of drug-likeness (QED) is 0.878. The fraction of sp³-hybridized carbons (Fsp3) is 0.611. The average Bonchev–Trinajstić information content (AvgIpc) is 2.43. The van der Waals surface area contributed by atoms with E-state index in [1.807, 2.05) is 7.05 Å². The highest BCUT2D eigenvalue weighted by molar-refractivity contribution is 5.74. The maximum atomic E-state index is 12.2. The van der Waals surface area contributed by atoms with Crippen LogP contribution < -0.4 is 11.1 Å². The number of nitrogens with two attached hydrogens (primary N) is 1.